The molecule has 0 aliphatic rings. The minimum atomic E-state index is -1.13. The number of aromatic hydroxyl groups is 1. The Morgan fingerprint density at radius 3 is 2.61 bits per heavy atom. The van der Waals surface area contributed by atoms with Gasteiger partial charge >= 0.3 is 5.97 Å². The first-order valence-electron chi connectivity index (χ1n) is 6.38. The fourth-order valence-corrected chi connectivity index (χ4v) is 2.92. The summed E-state index contributed by atoms with van der Waals surface area (Å²) in [5, 5.41) is 18.1. The second kappa shape index (κ2) is 5.86. The van der Waals surface area contributed by atoms with Crippen LogP contribution in [0.1, 0.15) is 20.9 Å². The van der Waals surface area contributed by atoms with Crippen LogP contribution in [0.15, 0.2) is 35.3 Å². The van der Waals surface area contributed by atoms with Crippen LogP contribution in [0.3, 0.4) is 0 Å². The van der Waals surface area contributed by atoms with Gasteiger partial charge in [-0.2, -0.15) is 0 Å². The third-order valence-electron chi connectivity index (χ3n) is 3.04. The molecule has 0 saturated carbocycles. The highest BCUT2D eigenvalue weighted by molar-refractivity contribution is 7.18. The first-order valence-corrected chi connectivity index (χ1v) is 7.57. The number of rotatable bonds is 3. The lowest BCUT2D eigenvalue weighted by atomic mass is 10.2. The van der Waals surface area contributed by atoms with E-state index in [1.165, 1.54) is 18.3 Å². The number of halogens is 1. The van der Waals surface area contributed by atoms with E-state index < -0.39 is 11.5 Å². The molecule has 3 rings (SSSR count). The van der Waals surface area contributed by atoms with Gasteiger partial charge in [0.05, 0.1) is 5.69 Å². The van der Waals surface area contributed by atoms with Gasteiger partial charge in [0, 0.05) is 6.20 Å². The van der Waals surface area contributed by atoms with Crippen molar-refractivity contribution < 1.29 is 15.0 Å². The number of hydrogen-bond donors (Lipinski definition) is 2. The van der Waals surface area contributed by atoms with Crippen LogP contribution in [-0.2, 0) is 0 Å². The molecule has 6 nitrogen and oxygen atoms in total. The molecule has 2 heterocycles. The summed E-state index contributed by atoms with van der Waals surface area (Å²) in [4.78, 5) is 27.6. The zero-order valence-electron chi connectivity index (χ0n) is 11.4. The second-order valence-corrected chi connectivity index (χ2v) is 5.98. The number of hydrogen-bond acceptors (Lipinski definition) is 5. The fraction of sp³-hybridized carbons (Fsp3) is 0. The highest BCUT2D eigenvalue weighted by Crippen LogP contribution is 2.20. The molecule has 0 aliphatic heterocycles. The Morgan fingerprint density at radius 2 is 1.96 bits per heavy atom. The Hall–Kier alpha value is -2.64. The Kier molecular flexibility index (Phi) is 3.89. The monoisotopic (exact) mass is 348 g/mol. The molecule has 2 N–H and O–H groups in total. The highest BCUT2D eigenvalue weighted by Gasteiger charge is 2.14. The van der Waals surface area contributed by atoms with Gasteiger partial charge in [0.25, 0.3) is 5.56 Å². The summed E-state index contributed by atoms with van der Waals surface area (Å²) in [7, 11) is 0. The van der Waals surface area contributed by atoms with Crippen molar-refractivity contribution in [2.45, 2.75) is 0 Å². The number of fused-ring (bicyclic) bond motifs is 1. The van der Waals surface area contributed by atoms with E-state index in [4.69, 9.17) is 16.7 Å². The molecule has 23 heavy (non-hydrogen) atoms. The Balaban J connectivity index is 2.07. The molecule has 0 fully saturated rings. The zero-order chi connectivity index (χ0) is 16.6. The van der Waals surface area contributed by atoms with Gasteiger partial charge < -0.3 is 10.2 Å². The number of aromatic nitrogens is 2. The molecule has 2 aromatic heterocycles. The summed E-state index contributed by atoms with van der Waals surface area (Å²) < 4.78 is 1.12. The van der Waals surface area contributed by atoms with Crippen LogP contribution in [0.5, 0.6) is 5.75 Å². The van der Waals surface area contributed by atoms with Gasteiger partial charge in [0.15, 0.2) is 4.96 Å². The van der Waals surface area contributed by atoms with Crippen molar-refractivity contribution in [3.8, 4) is 5.75 Å². The van der Waals surface area contributed by atoms with Crippen LogP contribution < -0.4 is 5.56 Å². The van der Waals surface area contributed by atoms with E-state index in [0.717, 1.165) is 21.3 Å². The molecule has 0 atom stereocenters. The largest absolute Gasteiger partial charge is 0.508 e. The molecule has 8 heteroatoms. The predicted octanol–water partition coefficient (Wildman–Crippen LogP) is 2.98. The van der Waals surface area contributed by atoms with Crippen molar-refractivity contribution in [2.24, 2.45) is 0 Å². The van der Waals surface area contributed by atoms with E-state index >= 15 is 0 Å². The molecule has 3 aromatic rings. The van der Waals surface area contributed by atoms with Crippen LogP contribution in [0, 0.1) is 0 Å². The molecule has 0 amide bonds. The lowest BCUT2D eigenvalue weighted by molar-refractivity contribution is 0.0701. The smallest absolute Gasteiger partial charge is 0.347 e. The first kappa shape index (κ1) is 15.3. The van der Waals surface area contributed by atoms with Crippen molar-refractivity contribution in [2.75, 3.05) is 0 Å². The Labute approximate surface area is 138 Å². The van der Waals surface area contributed by atoms with Crippen LogP contribution in [0.25, 0.3) is 17.1 Å². The summed E-state index contributed by atoms with van der Waals surface area (Å²) in [6, 6.07) is 6.45. The summed E-state index contributed by atoms with van der Waals surface area (Å²) in [5.74, 6) is -0.977. The minimum absolute atomic E-state index is 0.00494. The Morgan fingerprint density at radius 1 is 1.26 bits per heavy atom. The SMILES string of the molecule is O=C(O)c1cn2c(=O)c(Cl)c(C=Cc3ccc(O)cc3)nc2s1. The molecule has 0 bridgehead atoms. The average Bonchev–Trinajstić information content (AvgIpc) is 2.95. The van der Waals surface area contributed by atoms with Crippen molar-refractivity contribution in [1.82, 2.24) is 9.38 Å². The fourth-order valence-electron chi connectivity index (χ4n) is 1.91. The molecule has 0 aliphatic carbocycles. The molecule has 0 spiro atoms. The summed E-state index contributed by atoms with van der Waals surface area (Å²) in [6.45, 7) is 0. The van der Waals surface area contributed by atoms with Crippen LogP contribution in [0.2, 0.25) is 5.02 Å². The van der Waals surface area contributed by atoms with E-state index in [2.05, 4.69) is 4.98 Å². The van der Waals surface area contributed by atoms with Crippen LogP contribution in [-0.4, -0.2) is 25.6 Å². The number of phenols is 1. The first-order chi connectivity index (χ1) is 11.0. The lowest BCUT2D eigenvalue weighted by Crippen LogP contribution is -2.14. The summed E-state index contributed by atoms with van der Waals surface area (Å²) in [6.07, 6.45) is 4.46. The molecular formula is C15H9ClN2O4S. The summed E-state index contributed by atoms with van der Waals surface area (Å²) >= 11 is 6.92. The van der Waals surface area contributed by atoms with Gasteiger partial charge in [-0.05, 0) is 23.8 Å². The number of benzene rings is 1. The topological polar surface area (TPSA) is 91.9 Å². The standard InChI is InChI=1S/C15H9ClN2O4S/c16-12-10(6-3-8-1-4-9(19)5-2-8)17-15-18(13(12)20)7-11(23-15)14(21)22/h1-7,19H,(H,21,22). The van der Waals surface area contributed by atoms with Gasteiger partial charge in [0.1, 0.15) is 15.6 Å². The van der Waals surface area contributed by atoms with Crippen LogP contribution >= 0.6 is 22.9 Å². The third kappa shape index (κ3) is 2.96. The van der Waals surface area contributed by atoms with Crippen molar-refractivity contribution in [1.29, 1.82) is 0 Å². The normalized spacial score (nSPS) is 11.3. The maximum absolute atomic E-state index is 12.2. The van der Waals surface area contributed by atoms with Gasteiger partial charge in [0.2, 0.25) is 0 Å². The molecular weight excluding hydrogens is 340 g/mol. The number of phenolic OH excluding ortho intramolecular Hbond substituents is 1. The van der Waals surface area contributed by atoms with Crippen molar-refractivity contribution in [3.05, 3.63) is 62.0 Å². The van der Waals surface area contributed by atoms with Gasteiger partial charge in [-0.3, -0.25) is 9.20 Å². The number of carboxylic acid groups (broad SMARTS) is 1. The average molecular weight is 349 g/mol. The zero-order valence-corrected chi connectivity index (χ0v) is 13.0. The number of thiazole rings is 1. The van der Waals surface area contributed by atoms with E-state index in [-0.39, 0.29) is 26.3 Å². The molecule has 116 valence electrons. The molecule has 0 saturated heterocycles. The summed E-state index contributed by atoms with van der Waals surface area (Å²) in [5.41, 5.74) is 0.521. The molecule has 0 radical (unpaired) electrons. The minimum Gasteiger partial charge on any atom is -0.508 e. The maximum Gasteiger partial charge on any atom is 0.347 e. The van der Waals surface area contributed by atoms with Crippen LogP contribution in [0.4, 0.5) is 0 Å². The van der Waals surface area contributed by atoms with E-state index in [0.29, 0.717) is 0 Å². The van der Waals surface area contributed by atoms with E-state index in [1.807, 2.05) is 0 Å². The van der Waals surface area contributed by atoms with Crippen molar-refractivity contribution in [3.63, 3.8) is 0 Å². The number of nitrogens with zero attached hydrogens (tertiary/aromatic N) is 2. The van der Waals surface area contributed by atoms with Gasteiger partial charge in [-0.1, -0.05) is 41.1 Å². The highest BCUT2D eigenvalue weighted by atomic mass is 35.5. The lowest BCUT2D eigenvalue weighted by Gasteiger charge is -1.99. The second-order valence-electron chi connectivity index (χ2n) is 4.59. The number of carboxylic acids is 1. The number of aromatic carboxylic acids is 1. The van der Waals surface area contributed by atoms with E-state index in [9.17, 15) is 14.7 Å². The third-order valence-corrected chi connectivity index (χ3v) is 4.36. The number of carbonyl (C=O) groups is 1. The predicted molar refractivity (Wildman–Crippen MR) is 88.3 cm³/mol. The maximum atomic E-state index is 12.2. The Bertz CT molecular complexity index is 989. The van der Waals surface area contributed by atoms with Crippen molar-refractivity contribution >= 4 is 46.0 Å². The quantitative estimate of drug-likeness (QED) is 0.759. The molecule has 0 unspecified atom stereocenters. The molecule has 1 aromatic carbocycles. The van der Waals surface area contributed by atoms with Gasteiger partial charge in [-0.15, -0.1) is 0 Å². The van der Waals surface area contributed by atoms with Gasteiger partial charge in [-0.25, -0.2) is 9.78 Å². The van der Waals surface area contributed by atoms with E-state index in [1.54, 1.807) is 24.3 Å².